The van der Waals surface area contributed by atoms with Gasteiger partial charge in [0.1, 0.15) is 11.6 Å². The smallest absolute Gasteiger partial charge is 0.129 e. The van der Waals surface area contributed by atoms with Crippen molar-refractivity contribution in [3.8, 4) is 0 Å². The predicted octanol–water partition coefficient (Wildman–Crippen LogP) is 2.68. The fourth-order valence-corrected chi connectivity index (χ4v) is 1.59. The van der Waals surface area contributed by atoms with Crippen molar-refractivity contribution in [2.24, 2.45) is 0 Å². The Hall–Kier alpha value is -0.960. The number of benzene rings is 1. The van der Waals surface area contributed by atoms with Gasteiger partial charge in [0.05, 0.1) is 12.2 Å². The Bertz CT molecular complexity index is 318. The molecule has 0 aliphatic carbocycles. The maximum atomic E-state index is 13.1. The highest BCUT2D eigenvalue weighted by atomic mass is 19.1. The van der Waals surface area contributed by atoms with Gasteiger partial charge in [0, 0.05) is 5.56 Å². The Morgan fingerprint density at radius 1 is 1.29 bits per heavy atom. The molecule has 1 aromatic carbocycles. The minimum atomic E-state index is -0.460. The summed E-state index contributed by atoms with van der Waals surface area (Å²) >= 11 is 0. The van der Waals surface area contributed by atoms with E-state index >= 15 is 0 Å². The van der Waals surface area contributed by atoms with Gasteiger partial charge in [-0.15, -0.1) is 0 Å². The van der Waals surface area contributed by atoms with E-state index in [0.717, 1.165) is 0 Å². The molecular formula is C11H12F2O. The lowest BCUT2D eigenvalue weighted by atomic mass is 10.1. The first-order valence-corrected chi connectivity index (χ1v) is 4.77. The van der Waals surface area contributed by atoms with Crippen LogP contribution in [0.4, 0.5) is 8.78 Å². The highest BCUT2D eigenvalue weighted by Crippen LogP contribution is 2.26. The summed E-state index contributed by atoms with van der Waals surface area (Å²) in [6.07, 6.45) is 1.55. The minimum absolute atomic E-state index is 0.176. The van der Waals surface area contributed by atoms with E-state index in [-0.39, 0.29) is 17.8 Å². The third-order valence-corrected chi connectivity index (χ3v) is 2.58. The Balaban J connectivity index is 2.01. The molecule has 1 aliphatic rings. The molecule has 76 valence electrons. The van der Waals surface area contributed by atoms with Crippen molar-refractivity contribution in [2.45, 2.75) is 32.0 Å². The number of hydrogen-bond acceptors (Lipinski definition) is 1. The molecule has 1 fully saturated rings. The lowest BCUT2D eigenvalue weighted by Crippen LogP contribution is -1.99. The maximum absolute atomic E-state index is 13.1. The van der Waals surface area contributed by atoms with Crippen molar-refractivity contribution in [2.75, 3.05) is 0 Å². The van der Waals surface area contributed by atoms with Gasteiger partial charge in [-0.25, -0.2) is 8.78 Å². The van der Waals surface area contributed by atoms with Gasteiger partial charge < -0.3 is 4.74 Å². The third-order valence-electron chi connectivity index (χ3n) is 2.58. The molecule has 1 aromatic rings. The van der Waals surface area contributed by atoms with E-state index in [1.54, 1.807) is 0 Å². The molecule has 0 spiro atoms. The van der Waals surface area contributed by atoms with Crippen LogP contribution in [0.3, 0.4) is 0 Å². The summed E-state index contributed by atoms with van der Waals surface area (Å²) < 4.78 is 31.4. The fourth-order valence-electron chi connectivity index (χ4n) is 1.59. The molecule has 1 saturated heterocycles. The summed E-state index contributed by atoms with van der Waals surface area (Å²) in [6.45, 7) is 1.96. The Morgan fingerprint density at radius 3 is 2.36 bits per heavy atom. The first-order chi connectivity index (χ1) is 6.68. The summed E-state index contributed by atoms with van der Waals surface area (Å²) in [5.41, 5.74) is 0.176. The number of rotatable bonds is 3. The second-order valence-electron chi connectivity index (χ2n) is 3.62. The van der Waals surface area contributed by atoms with E-state index < -0.39 is 11.6 Å². The number of hydrogen-bond donors (Lipinski definition) is 0. The van der Waals surface area contributed by atoms with Crippen molar-refractivity contribution in [1.29, 1.82) is 0 Å². The van der Waals surface area contributed by atoms with E-state index in [1.807, 2.05) is 6.92 Å². The summed E-state index contributed by atoms with van der Waals surface area (Å²) in [6, 6.07) is 3.95. The van der Waals surface area contributed by atoms with Crippen LogP contribution in [0.5, 0.6) is 0 Å². The minimum Gasteiger partial charge on any atom is -0.370 e. The topological polar surface area (TPSA) is 12.5 Å². The molecule has 1 heterocycles. The SMILES string of the molecule is CC1OC1CCc1c(F)cccc1F. The molecule has 14 heavy (non-hydrogen) atoms. The predicted molar refractivity (Wildman–Crippen MR) is 49.0 cm³/mol. The second-order valence-corrected chi connectivity index (χ2v) is 3.62. The normalized spacial score (nSPS) is 25.1. The van der Waals surface area contributed by atoms with Gasteiger partial charge in [0.2, 0.25) is 0 Å². The summed E-state index contributed by atoms with van der Waals surface area (Å²) in [4.78, 5) is 0. The van der Waals surface area contributed by atoms with Crippen LogP contribution in [0.25, 0.3) is 0 Å². The van der Waals surface area contributed by atoms with Crippen molar-refractivity contribution < 1.29 is 13.5 Å². The van der Waals surface area contributed by atoms with Gasteiger partial charge in [-0.2, -0.15) is 0 Å². The zero-order chi connectivity index (χ0) is 10.1. The molecule has 2 unspecified atom stereocenters. The molecule has 1 aliphatic heterocycles. The molecular weight excluding hydrogens is 186 g/mol. The van der Waals surface area contributed by atoms with E-state index in [0.29, 0.717) is 12.8 Å². The van der Waals surface area contributed by atoms with Crippen LogP contribution < -0.4 is 0 Å². The third kappa shape index (κ3) is 1.93. The molecule has 1 nitrogen and oxygen atoms in total. The second kappa shape index (κ2) is 3.65. The van der Waals surface area contributed by atoms with E-state index in [9.17, 15) is 8.78 Å². The molecule has 3 heteroatoms. The summed E-state index contributed by atoms with van der Waals surface area (Å²) in [5, 5.41) is 0. The lowest BCUT2D eigenvalue weighted by molar-refractivity contribution is 0.369. The first kappa shape index (κ1) is 9.59. The molecule has 0 N–H and O–H groups in total. The van der Waals surface area contributed by atoms with Crippen LogP contribution in [0.15, 0.2) is 18.2 Å². The standard InChI is InChI=1S/C11H12F2O/c1-7-11(14-7)6-5-8-9(12)3-2-4-10(8)13/h2-4,7,11H,5-6H2,1H3. The van der Waals surface area contributed by atoms with Crippen molar-refractivity contribution in [3.05, 3.63) is 35.4 Å². The van der Waals surface area contributed by atoms with Crippen molar-refractivity contribution in [1.82, 2.24) is 0 Å². The lowest BCUT2D eigenvalue weighted by Gasteiger charge is -2.02. The van der Waals surface area contributed by atoms with Gasteiger partial charge >= 0.3 is 0 Å². The molecule has 2 rings (SSSR count). The number of ether oxygens (including phenoxy) is 1. The molecule has 0 aromatic heterocycles. The largest absolute Gasteiger partial charge is 0.370 e. The zero-order valence-electron chi connectivity index (χ0n) is 7.97. The average Bonchev–Trinajstić information content (AvgIpc) is 2.81. The number of halogens is 2. The quantitative estimate of drug-likeness (QED) is 0.680. The van der Waals surface area contributed by atoms with E-state index in [2.05, 4.69) is 0 Å². The van der Waals surface area contributed by atoms with Crippen molar-refractivity contribution in [3.63, 3.8) is 0 Å². The zero-order valence-corrected chi connectivity index (χ0v) is 7.97. The average molecular weight is 198 g/mol. The summed E-state index contributed by atoms with van der Waals surface area (Å²) in [7, 11) is 0. The van der Waals surface area contributed by atoms with Crippen LogP contribution in [-0.4, -0.2) is 12.2 Å². The van der Waals surface area contributed by atoms with E-state index in [1.165, 1.54) is 18.2 Å². The monoisotopic (exact) mass is 198 g/mol. The van der Waals surface area contributed by atoms with Gasteiger partial charge in [-0.3, -0.25) is 0 Å². The number of epoxide rings is 1. The molecule has 2 atom stereocenters. The maximum Gasteiger partial charge on any atom is 0.129 e. The highest BCUT2D eigenvalue weighted by Gasteiger charge is 2.33. The van der Waals surface area contributed by atoms with E-state index in [4.69, 9.17) is 4.74 Å². The molecule has 0 bridgehead atoms. The first-order valence-electron chi connectivity index (χ1n) is 4.77. The van der Waals surface area contributed by atoms with Crippen LogP contribution in [0.2, 0.25) is 0 Å². The Labute approximate surface area is 81.7 Å². The molecule has 0 radical (unpaired) electrons. The van der Waals surface area contributed by atoms with Crippen LogP contribution in [0, 0.1) is 11.6 Å². The van der Waals surface area contributed by atoms with Gasteiger partial charge in [-0.1, -0.05) is 6.07 Å². The van der Waals surface area contributed by atoms with Gasteiger partial charge in [0.25, 0.3) is 0 Å². The van der Waals surface area contributed by atoms with Crippen molar-refractivity contribution >= 4 is 0 Å². The summed E-state index contributed by atoms with van der Waals surface area (Å²) in [5.74, 6) is -0.920. The molecule has 0 amide bonds. The van der Waals surface area contributed by atoms with Gasteiger partial charge in [-0.05, 0) is 31.9 Å². The Kier molecular flexibility index (Phi) is 2.50. The van der Waals surface area contributed by atoms with Gasteiger partial charge in [0.15, 0.2) is 0 Å². The fraction of sp³-hybridized carbons (Fsp3) is 0.455. The van der Waals surface area contributed by atoms with Crippen LogP contribution in [-0.2, 0) is 11.2 Å². The highest BCUT2D eigenvalue weighted by molar-refractivity contribution is 5.20. The Morgan fingerprint density at radius 2 is 1.86 bits per heavy atom. The molecule has 0 saturated carbocycles. The van der Waals surface area contributed by atoms with Crippen LogP contribution in [0.1, 0.15) is 18.9 Å². The van der Waals surface area contributed by atoms with Crippen LogP contribution >= 0.6 is 0 Å².